The van der Waals surface area contributed by atoms with Crippen molar-refractivity contribution in [3.05, 3.63) is 47.5 Å². The summed E-state index contributed by atoms with van der Waals surface area (Å²) in [5, 5.41) is 7.91. The lowest BCUT2D eigenvalue weighted by molar-refractivity contribution is 0.457. The molecule has 0 aliphatic heterocycles. The van der Waals surface area contributed by atoms with Crippen LogP contribution < -0.4 is 5.73 Å². The van der Waals surface area contributed by atoms with Gasteiger partial charge in [0.25, 0.3) is 0 Å². The highest BCUT2D eigenvalue weighted by Gasteiger charge is 2.21. The molecule has 2 rings (SSSR count). The van der Waals surface area contributed by atoms with Gasteiger partial charge in [-0.25, -0.2) is 4.39 Å². The van der Waals surface area contributed by atoms with Crippen molar-refractivity contribution in [3.63, 3.8) is 0 Å². The van der Waals surface area contributed by atoms with Crippen molar-refractivity contribution in [2.45, 2.75) is 25.3 Å². The van der Waals surface area contributed by atoms with Crippen LogP contribution in [0.25, 0.3) is 0 Å². The lowest BCUT2D eigenvalue weighted by atomic mass is 9.89. The molecule has 1 unspecified atom stereocenters. The maximum atomic E-state index is 12.8. The van der Waals surface area contributed by atoms with Gasteiger partial charge in [-0.05, 0) is 31.0 Å². The fourth-order valence-corrected chi connectivity index (χ4v) is 2.02. The Morgan fingerprint density at radius 3 is 2.50 bits per heavy atom. The maximum absolute atomic E-state index is 12.8. The van der Waals surface area contributed by atoms with Crippen molar-refractivity contribution in [2.75, 3.05) is 0 Å². The fraction of sp³-hybridized carbons (Fsp3) is 0.385. The Hall–Kier alpha value is -1.75. The van der Waals surface area contributed by atoms with Gasteiger partial charge in [0.05, 0.1) is 5.69 Å². The van der Waals surface area contributed by atoms with Gasteiger partial charge < -0.3 is 5.73 Å². The zero-order chi connectivity index (χ0) is 13.2. The molecule has 1 aromatic carbocycles. The molecule has 2 aromatic rings. The van der Waals surface area contributed by atoms with Crippen molar-refractivity contribution in [1.29, 1.82) is 0 Å². The molecule has 0 fully saturated rings. The first kappa shape index (κ1) is 12.7. The van der Waals surface area contributed by atoms with E-state index in [1.54, 1.807) is 16.8 Å². The molecule has 0 radical (unpaired) electrons. The van der Waals surface area contributed by atoms with Gasteiger partial charge in [0.1, 0.15) is 5.82 Å². The van der Waals surface area contributed by atoms with Crippen LogP contribution in [0.5, 0.6) is 0 Å². The summed E-state index contributed by atoms with van der Waals surface area (Å²) in [5.41, 5.74) is 7.72. The van der Waals surface area contributed by atoms with Crippen LogP contribution in [0.3, 0.4) is 0 Å². The van der Waals surface area contributed by atoms with Crippen LogP contribution in [0.2, 0.25) is 0 Å². The van der Waals surface area contributed by atoms with Gasteiger partial charge in [0, 0.05) is 25.2 Å². The monoisotopic (exact) mass is 248 g/mol. The zero-order valence-electron chi connectivity index (χ0n) is 10.6. The largest absolute Gasteiger partial charge is 0.325 e. The molecule has 18 heavy (non-hydrogen) atoms. The summed E-state index contributed by atoms with van der Waals surface area (Å²) in [6.45, 7) is 1.96. The van der Waals surface area contributed by atoms with E-state index in [4.69, 9.17) is 5.73 Å². The minimum absolute atomic E-state index is 0.230. The number of aromatic nitrogens is 3. The third kappa shape index (κ3) is 3.37. The first-order valence-electron chi connectivity index (χ1n) is 5.83. The van der Waals surface area contributed by atoms with Gasteiger partial charge in [0.2, 0.25) is 0 Å². The van der Waals surface area contributed by atoms with E-state index in [1.165, 1.54) is 12.1 Å². The van der Waals surface area contributed by atoms with Gasteiger partial charge in [-0.1, -0.05) is 17.3 Å². The Morgan fingerprint density at radius 2 is 1.94 bits per heavy atom. The molecule has 0 aliphatic carbocycles. The van der Waals surface area contributed by atoms with E-state index < -0.39 is 5.54 Å². The molecule has 96 valence electrons. The standard InChI is InChI=1S/C13H17FN4/c1-13(15,8-12-9-18(2)17-16-12)7-10-3-5-11(14)6-4-10/h3-6,9H,7-8,15H2,1-2H3. The quantitative estimate of drug-likeness (QED) is 0.891. The molecule has 4 nitrogen and oxygen atoms in total. The highest BCUT2D eigenvalue weighted by Crippen LogP contribution is 2.15. The van der Waals surface area contributed by atoms with Crippen LogP contribution in [0.1, 0.15) is 18.2 Å². The van der Waals surface area contributed by atoms with Gasteiger partial charge in [-0.3, -0.25) is 4.68 Å². The normalized spacial score (nSPS) is 14.4. The summed E-state index contributed by atoms with van der Waals surface area (Å²) in [7, 11) is 1.82. The van der Waals surface area contributed by atoms with Crippen molar-refractivity contribution < 1.29 is 4.39 Å². The molecule has 0 saturated heterocycles. The first-order valence-corrected chi connectivity index (χ1v) is 5.83. The van der Waals surface area contributed by atoms with E-state index >= 15 is 0 Å². The lowest BCUT2D eigenvalue weighted by Crippen LogP contribution is -2.41. The number of hydrogen-bond donors (Lipinski definition) is 1. The average molecular weight is 248 g/mol. The molecule has 0 aliphatic rings. The molecule has 5 heteroatoms. The van der Waals surface area contributed by atoms with Gasteiger partial charge in [-0.15, -0.1) is 5.10 Å². The van der Waals surface area contributed by atoms with E-state index in [1.807, 2.05) is 20.2 Å². The molecule has 1 atom stereocenters. The van der Waals surface area contributed by atoms with E-state index in [-0.39, 0.29) is 5.82 Å². The van der Waals surface area contributed by atoms with Crippen LogP contribution in [-0.4, -0.2) is 20.5 Å². The number of hydrogen-bond acceptors (Lipinski definition) is 3. The van der Waals surface area contributed by atoms with Crippen molar-refractivity contribution >= 4 is 0 Å². The predicted molar refractivity (Wildman–Crippen MR) is 67.4 cm³/mol. The zero-order valence-corrected chi connectivity index (χ0v) is 10.6. The topological polar surface area (TPSA) is 56.7 Å². The lowest BCUT2D eigenvalue weighted by Gasteiger charge is -2.23. The van der Waals surface area contributed by atoms with Crippen LogP contribution in [0, 0.1) is 5.82 Å². The number of benzene rings is 1. The van der Waals surface area contributed by atoms with Crippen molar-refractivity contribution in [3.8, 4) is 0 Å². The van der Waals surface area contributed by atoms with Crippen LogP contribution >= 0.6 is 0 Å². The average Bonchev–Trinajstić information content (AvgIpc) is 2.66. The molecular weight excluding hydrogens is 231 g/mol. The summed E-state index contributed by atoms with van der Waals surface area (Å²) in [6, 6.07) is 6.43. The minimum atomic E-state index is -0.423. The maximum Gasteiger partial charge on any atom is 0.123 e. The summed E-state index contributed by atoms with van der Waals surface area (Å²) in [5.74, 6) is -0.230. The summed E-state index contributed by atoms with van der Waals surface area (Å²) in [6.07, 6.45) is 3.16. The third-order valence-corrected chi connectivity index (χ3v) is 2.76. The SMILES string of the molecule is Cn1cc(CC(C)(N)Cc2ccc(F)cc2)nn1. The molecule has 2 N–H and O–H groups in total. The Bertz CT molecular complexity index is 516. The summed E-state index contributed by atoms with van der Waals surface area (Å²) < 4.78 is 14.5. The van der Waals surface area contributed by atoms with Crippen LogP contribution in [0.15, 0.2) is 30.5 Å². The predicted octanol–water partition coefficient (Wildman–Crippen LogP) is 1.46. The second-order valence-electron chi connectivity index (χ2n) is 5.02. The van der Waals surface area contributed by atoms with Crippen molar-refractivity contribution in [1.82, 2.24) is 15.0 Å². The number of aryl methyl sites for hydroxylation is 1. The van der Waals surface area contributed by atoms with E-state index in [9.17, 15) is 4.39 Å². The highest BCUT2D eigenvalue weighted by atomic mass is 19.1. The molecule has 1 heterocycles. The second kappa shape index (κ2) is 4.86. The molecule has 0 amide bonds. The van der Waals surface area contributed by atoms with Crippen molar-refractivity contribution in [2.24, 2.45) is 12.8 Å². The Kier molecular flexibility index (Phi) is 3.43. The van der Waals surface area contributed by atoms with Gasteiger partial charge in [0.15, 0.2) is 0 Å². The second-order valence-corrected chi connectivity index (χ2v) is 5.02. The molecule has 1 aromatic heterocycles. The smallest absolute Gasteiger partial charge is 0.123 e. The number of nitrogens with two attached hydrogens (primary N) is 1. The molecular formula is C13H17FN4. The Labute approximate surface area is 106 Å². The van der Waals surface area contributed by atoms with Gasteiger partial charge >= 0.3 is 0 Å². The van der Waals surface area contributed by atoms with Crippen LogP contribution in [-0.2, 0) is 19.9 Å². The number of halogens is 1. The summed E-state index contributed by atoms with van der Waals surface area (Å²) in [4.78, 5) is 0. The molecule has 0 spiro atoms. The Balaban J connectivity index is 2.04. The Morgan fingerprint density at radius 1 is 1.28 bits per heavy atom. The molecule has 0 bridgehead atoms. The summed E-state index contributed by atoms with van der Waals surface area (Å²) >= 11 is 0. The van der Waals surface area contributed by atoms with E-state index in [2.05, 4.69) is 10.3 Å². The minimum Gasteiger partial charge on any atom is -0.325 e. The number of rotatable bonds is 4. The van der Waals surface area contributed by atoms with Crippen LogP contribution in [0.4, 0.5) is 4.39 Å². The third-order valence-electron chi connectivity index (χ3n) is 2.76. The van der Waals surface area contributed by atoms with Gasteiger partial charge in [-0.2, -0.15) is 0 Å². The van der Waals surface area contributed by atoms with E-state index in [0.717, 1.165) is 11.3 Å². The first-order chi connectivity index (χ1) is 8.44. The molecule has 0 saturated carbocycles. The number of nitrogens with zero attached hydrogens (tertiary/aromatic N) is 3. The highest BCUT2D eigenvalue weighted by molar-refractivity contribution is 5.19. The van der Waals surface area contributed by atoms with E-state index in [0.29, 0.717) is 12.8 Å². The fourth-order valence-electron chi connectivity index (χ4n) is 2.02.